The maximum Gasteiger partial charge on any atom is 1.00 e. The maximum atomic E-state index is 13.3. The van der Waals surface area contributed by atoms with E-state index in [4.69, 9.17) is 9.15 Å². The molecule has 2 heterocycles. The van der Waals surface area contributed by atoms with Gasteiger partial charge in [0, 0.05) is 38.7 Å². The number of likely N-dealkylation sites (N-methyl/N-ethyl adjacent to an activating group) is 1. The summed E-state index contributed by atoms with van der Waals surface area (Å²) >= 11 is 0. The Morgan fingerprint density at radius 3 is 2.40 bits per heavy atom. The van der Waals surface area contributed by atoms with E-state index < -0.39 is 5.91 Å². The van der Waals surface area contributed by atoms with Crippen molar-refractivity contribution in [2.24, 2.45) is 11.8 Å². The molecule has 2 N–H and O–H groups in total. The molecule has 12 heteroatoms. The Bertz CT molecular complexity index is 1350. The molecule has 42 heavy (non-hydrogen) atoms. The van der Waals surface area contributed by atoms with Crippen LogP contribution in [0.3, 0.4) is 0 Å². The van der Waals surface area contributed by atoms with Gasteiger partial charge in [-0.1, -0.05) is 12.1 Å². The second-order valence-corrected chi connectivity index (χ2v) is 10.1. The second kappa shape index (κ2) is 17.6. The van der Waals surface area contributed by atoms with Crippen molar-refractivity contribution in [3.63, 3.8) is 0 Å². The quantitative estimate of drug-likeness (QED) is 0.280. The van der Waals surface area contributed by atoms with Crippen LogP contribution in [0.1, 0.15) is 52.2 Å². The fourth-order valence-corrected chi connectivity index (χ4v) is 4.60. The molecule has 1 aliphatic rings. The molecule has 3 aromatic rings. The molecule has 0 atom stereocenters. The third-order valence-electron chi connectivity index (χ3n) is 6.87. The average molecular weight is 604 g/mol. The van der Waals surface area contributed by atoms with Crippen LogP contribution in [0, 0.1) is 18.8 Å². The first-order chi connectivity index (χ1) is 19.7. The number of carbonyl (C=O) groups excluding carboxylic acids is 4. The van der Waals surface area contributed by atoms with Crippen LogP contribution in [0.5, 0.6) is 0 Å². The summed E-state index contributed by atoms with van der Waals surface area (Å²) in [7, 11) is 6.71. The molecule has 220 valence electrons. The third-order valence-corrected chi connectivity index (χ3v) is 6.87. The van der Waals surface area contributed by atoms with Gasteiger partial charge in [0.05, 0.1) is 17.6 Å². The Morgan fingerprint density at radius 1 is 1.12 bits per heavy atom. The van der Waals surface area contributed by atoms with Crippen molar-refractivity contribution in [2.45, 2.75) is 32.6 Å². The molecule has 0 bridgehead atoms. The molecule has 1 aromatic carbocycles. The van der Waals surface area contributed by atoms with E-state index >= 15 is 0 Å². The number of aryl methyl sites for hydroxylation is 1. The van der Waals surface area contributed by atoms with Crippen molar-refractivity contribution >= 4 is 46.5 Å². The number of methoxy groups -OCH3 is 1. The van der Waals surface area contributed by atoms with Gasteiger partial charge in [0.25, 0.3) is 11.8 Å². The predicted octanol–water partition coefficient (Wildman–Crippen LogP) is 1.67. The van der Waals surface area contributed by atoms with Crippen molar-refractivity contribution in [3.8, 4) is 0 Å². The number of benzene rings is 1. The molecule has 0 radical (unpaired) electrons. The number of aromatic nitrogens is 1. The van der Waals surface area contributed by atoms with Crippen LogP contribution in [0.2, 0.25) is 0 Å². The molecule has 1 saturated carbocycles. The molecule has 0 spiro atoms. The van der Waals surface area contributed by atoms with Crippen molar-refractivity contribution in [1.82, 2.24) is 9.88 Å². The summed E-state index contributed by atoms with van der Waals surface area (Å²) in [6, 6.07) is 8.43. The van der Waals surface area contributed by atoms with Crippen LogP contribution in [0.4, 0.5) is 11.5 Å². The van der Waals surface area contributed by atoms with Crippen molar-refractivity contribution < 1.29 is 79.7 Å². The molecule has 0 unspecified atom stereocenters. The van der Waals surface area contributed by atoms with E-state index in [1.54, 1.807) is 58.7 Å². The normalized spacial score (nSPS) is 15.9. The number of anilines is 2. The second-order valence-electron chi connectivity index (χ2n) is 10.1. The summed E-state index contributed by atoms with van der Waals surface area (Å²) in [6.45, 7) is 2.60. The van der Waals surface area contributed by atoms with Crippen molar-refractivity contribution in [1.29, 1.82) is 0 Å². The SMILES string of the molecule is COCCN(C)C(=O)c1cccc2oc(C(=O)Nc3ccc(C)cn3)c(NC(=O)C3CCC(C=O)CC3)c12.C[N-]C.[K+]. The van der Waals surface area contributed by atoms with Crippen LogP contribution in [0.15, 0.2) is 40.9 Å². The van der Waals surface area contributed by atoms with Crippen LogP contribution in [-0.4, -0.2) is 75.3 Å². The molecule has 11 nitrogen and oxygen atoms in total. The van der Waals surface area contributed by atoms with Crippen molar-refractivity contribution in [3.05, 3.63) is 58.7 Å². The van der Waals surface area contributed by atoms with E-state index in [9.17, 15) is 19.2 Å². The number of nitrogens with one attached hydrogen (secondary N) is 2. The molecule has 4 rings (SSSR count). The van der Waals surface area contributed by atoms with Gasteiger partial charge in [0.15, 0.2) is 0 Å². The van der Waals surface area contributed by atoms with Crippen LogP contribution in [-0.2, 0) is 14.3 Å². The van der Waals surface area contributed by atoms with E-state index in [1.807, 2.05) is 13.0 Å². The van der Waals surface area contributed by atoms with E-state index in [2.05, 4.69) is 20.9 Å². The summed E-state index contributed by atoms with van der Waals surface area (Å²) < 4.78 is 11.0. The van der Waals surface area contributed by atoms with Gasteiger partial charge in [0.1, 0.15) is 23.4 Å². The number of aldehydes is 1. The first-order valence-electron chi connectivity index (χ1n) is 13.5. The summed E-state index contributed by atoms with van der Waals surface area (Å²) in [5.74, 6) is -1.36. The summed E-state index contributed by atoms with van der Waals surface area (Å²) in [5, 5.41) is 9.44. The first kappa shape index (κ1) is 35.7. The Labute approximate surface area is 288 Å². The summed E-state index contributed by atoms with van der Waals surface area (Å²) in [6.07, 6.45) is 4.95. The maximum absolute atomic E-state index is 13.3. The van der Waals surface area contributed by atoms with E-state index in [0.717, 1.165) is 11.8 Å². The molecule has 3 amide bonds. The number of hydrogen-bond donors (Lipinski definition) is 2. The Balaban J connectivity index is 0.00000148. The number of amides is 3. The molecule has 2 aromatic heterocycles. The van der Waals surface area contributed by atoms with Gasteiger partial charge in [-0.2, -0.15) is 14.1 Å². The average Bonchev–Trinajstić information content (AvgIpc) is 3.35. The first-order valence-corrected chi connectivity index (χ1v) is 13.5. The van der Waals surface area contributed by atoms with Gasteiger partial charge in [0.2, 0.25) is 11.7 Å². The number of rotatable bonds is 9. The van der Waals surface area contributed by atoms with Gasteiger partial charge in [-0.15, -0.1) is 0 Å². The minimum absolute atomic E-state index is 0. The Hall–Kier alpha value is -2.45. The molecular weight excluding hydrogens is 565 g/mol. The molecule has 0 saturated heterocycles. The number of furan rings is 1. The molecule has 1 aliphatic carbocycles. The number of pyridine rings is 1. The molecule has 0 aliphatic heterocycles. The van der Waals surface area contributed by atoms with Gasteiger partial charge >= 0.3 is 51.4 Å². The topological polar surface area (TPSA) is 145 Å². The monoisotopic (exact) mass is 603 g/mol. The van der Waals surface area contributed by atoms with Crippen LogP contribution < -0.4 is 62.0 Å². The van der Waals surface area contributed by atoms with Crippen LogP contribution >= 0.6 is 0 Å². The van der Waals surface area contributed by atoms with E-state index in [0.29, 0.717) is 50.0 Å². The number of hydrogen-bond acceptors (Lipinski definition) is 7. The summed E-state index contributed by atoms with van der Waals surface area (Å²) in [4.78, 5) is 56.9. The fraction of sp³-hybridized carbons (Fsp3) is 0.433. The smallest absolute Gasteiger partial charge is 0.668 e. The zero-order valence-electron chi connectivity index (χ0n) is 25.2. The third kappa shape index (κ3) is 9.27. The minimum atomic E-state index is -0.608. The number of carbonyl (C=O) groups is 4. The van der Waals surface area contributed by atoms with Crippen molar-refractivity contribution in [2.75, 3.05) is 52.0 Å². The predicted molar refractivity (Wildman–Crippen MR) is 157 cm³/mol. The number of fused-ring (bicyclic) bond motifs is 1. The van der Waals surface area contributed by atoms with E-state index in [-0.39, 0.29) is 97.6 Å². The largest absolute Gasteiger partial charge is 1.00 e. The minimum Gasteiger partial charge on any atom is -0.668 e. The zero-order chi connectivity index (χ0) is 29.9. The number of nitrogens with zero attached hydrogens (tertiary/aromatic N) is 3. The van der Waals surface area contributed by atoms with Gasteiger partial charge < -0.3 is 34.8 Å². The van der Waals surface area contributed by atoms with Gasteiger partial charge in [-0.05, 0) is 56.4 Å². The fourth-order valence-electron chi connectivity index (χ4n) is 4.60. The van der Waals surface area contributed by atoms with Crippen LogP contribution in [0.25, 0.3) is 16.3 Å². The van der Waals surface area contributed by atoms with E-state index in [1.165, 1.54) is 4.90 Å². The molecule has 1 fully saturated rings. The van der Waals surface area contributed by atoms with Gasteiger partial charge in [-0.25, -0.2) is 4.98 Å². The zero-order valence-corrected chi connectivity index (χ0v) is 28.4. The number of ether oxygens (including phenoxy) is 1. The summed E-state index contributed by atoms with van der Waals surface area (Å²) in [5.41, 5.74) is 1.65. The van der Waals surface area contributed by atoms with Gasteiger partial charge in [-0.3, -0.25) is 14.4 Å². The Kier molecular flexibility index (Phi) is 15.0. The Morgan fingerprint density at radius 2 is 1.81 bits per heavy atom. The molecular formula is C30H38KN5O6. The standard InChI is InChI=1S/C28H32N4O6.C2H6N.K/c1-17-7-12-22(29-15-17)30-27(35)25-24(31-26(34)19-10-8-18(16-33)9-11-19)23-20(5-4-6-21(23)38-25)28(36)32(2)13-14-37-3;1-3-2;/h4-7,12,15-16,18-19H,8-11,13-14H2,1-3H3,(H,31,34)(H,29,30,35);1-2H3;/q;-1;+1.